The molecule has 114 valence electrons. The van der Waals surface area contributed by atoms with Crippen molar-refractivity contribution in [3.05, 3.63) is 20.9 Å². The summed E-state index contributed by atoms with van der Waals surface area (Å²) in [5.41, 5.74) is 0. The third-order valence-corrected chi connectivity index (χ3v) is 4.95. The van der Waals surface area contributed by atoms with Crippen molar-refractivity contribution in [2.45, 2.75) is 50.6 Å². The maximum Gasteiger partial charge on any atom is 0.223 e. The molecule has 21 heavy (non-hydrogen) atoms. The lowest BCUT2D eigenvalue weighted by atomic mass is 9.91. The van der Waals surface area contributed by atoms with Crippen LogP contribution in [0.2, 0.25) is 5.15 Å². The molecule has 3 rings (SSSR count). The van der Waals surface area contributed by atoms with Gasteiger partial charge < -0.3 is 10.6 Å². The zero-order valence-electron chi connectivity index (χ0n) is 11.7. The Kier molecular flexibility index (Phi) is 4.88. The molecular weight excluding hydrogens is 401 g/mol. The Balaban J connectivity index is 1.47. The third-order valence-electron chi connectivity index (χ3n) is 4.13. The molecule has 0 saturated heterocycles. The molecule has 0 aromatic carbocycles. The van der Waals surface area contributed by atoms with Gasteiger partial charge in [0, 0.05) is 21.6 Å². The van der Waals surface area contributed by atoms with E-state index in [4.69, 9.17) is 11.6 Å². The van der Waals surface area contributed by atoms with Gasteiger partial charge in [0.2, 0.25) is 5.91 Å². The number of rotatable bonds is 4. The largest absolute Gasteiger partial charge is 0.367 e. The first kappa shape index (κ1) is 15.3. The topological polar surface area (TPSA) is 54.0 Å². The van der Waals surface area contributed by atoms with E-state index in [9.17, 15) is 4.79 Å². The molecule has 0 bridgehead atoms. The van der Waals surface area contributed by atoms with Crippen LogP contribution in [0.5, 0.6) is 0 Å². The number of pyridine rings is 1. The predicted molar refractivity (Wildman–Crippen MR) is 92.5 cm³/mol. The molecule has 1 aromatic rings. The Morgan fingerprint density at radius 2 is 1.81 bits per heavy atom. The lowest BCUT2D eigenvalue weighted by Gasteiger charge is -2.30. The van der Waals surface area contributed by atoms with Gasteiger partial charge in [-0.3, -0.25) is 4.79 Å². The van der Waals surface area contributed by atoms with Gasteiger partial charge in [-0.2, -0.15) is 0 Å². The van der Waals surface area contributed by atoms with E-state index in [0.717, 1.165) is 47.9 Å². The van der Waals surface area contributed by atoms with Crippen molar-refractivity contribution in [3.8, 4) is 0 Å². The molecule has 2 aliphatic carbocycles. The summed E-state index contributed by atoms with van der Waals surface area (Å²) in [6.07, 6.45) is 6.33. The van der Waals surface area contributed by atoms with Gasteiger partial charge >= 0.3 is 0 Å². The fraction of sp³-hybridized carbons (Fsp3) is 0.600. The van der Waals surface area contributed by atoms with E-state index in [-0.39, 0.29) is 5.91 Å². The summed E-state index contributed by atoms with van der Waals surface area (Å²) in [5.74, 6) is 1.41. The van der Waals surface area contributed by atoms with Gasteiger partial charge in [0.1, 0.15) is 11.0 Å². The zero-order valence-corrected chi connectivity index (χ0v) is 14.7. The van der Waals surface area contributed by atoms with E-state index >= 15 is 0 Å². The molecule has 2 fully saturated rings. The fourth-order valence-corrected chi connectivity index (χ4v) is 3.78. The van der Waals surface area contributed by atoms with E-state index in [1.165, 1.54) is 0 Å². The molecule has 0 atom stereocenters. The first-order chi connectivity index (χ1) is 10.1. The lowest BCUT2D eigenvalue weighted by Crippen LogP contribution is -2.40. The van der Waals surface area contributed by atoms with Crippen LogP contribution in [0.15, 0.2) is 12.1 Å². The molecule has 6 heteroatoms. The van der Waals surface area contributed by atoms with Crippen molar-refractivity contribution >= 4 is 45.9 Å². The average Bonchev–Trinajstić information content (AvgIpc) is 3.24. The van der Waals surface area contributed by atoms with Gasteiger partial charge in [0.25, 0.3) is 0 Å². The first-order valence-corrected chi connectivity index (χ1v) is 8.96. The van der Waals surface area contributed by atoms with Crippen molar-refractivity contribution in [2.75, 3.05) is 5.32 Å². The van der Waals surface area contributed by atoms with Crippen LogP contribution < -0.4 is 10.6 Å². The van der Waals surface area contributed by atoms with Crippen LogP contribution in [0.4, 0.5) is 5.82 Å². The lowest BCUT2D eigenvalue weighted by molar-refractivity contribution is -0.123. The highest BCUT2D eigenvalue weighted by molar-refractivity contribution is 14.1. The molecule has 2 aliphatic rings. The number of anilines is 1. The second kappa shape index (κ2) is 6.69. The Morgan fingerprint density at radius 1 is 1.14 bits per heavy atom. The highest BCUT2D eigenvalue weighted by atomic mass is 127. The SMILES string of the molecule is O=C(N[C@H]1CC[C@H](Nc2cc(I)cc(Cl)n2)CC1)C1CC1. The quantitative estimate of drug-likeness (QED) is 0.579. The minimum atomic E-state index is 0.262. The van der Waals surface area contributed by atoms with Gasteiger partial charge in [0.15, 0.2) is 0 Å². The highest BCUT2D eigenvalue weighted by Gasteiger charge is 2.32. The monoisotopic (exact) mass is 419 g/mol. The van der Waals surface area contributed by atoms with Crippen molar-refractivity contribution in [1.82, 2.24) is 10.3 Å². The van der Waals surface area contributed by atoms with Crippen LogP contribution in [-0.2, 0) is 4.79 Å². The molecule has 1 amide bonds. The second-order valence-corrected chi connectivity index (χ2v) is 7.60. The summed E-state index contributed by atoms with van der Waals surface area (Å²) in [7, 11) is 0. The van der Waals surface area contributed by atoms with Gasteiger partial charge in [-0.15, -0.1) is 0 Å². The summed E-state index contributed by atoms with van der Waals surface area (Å²) in [4.78, 5) is 16.1. The predicted octanol–water partition coefficient (Wildman–Crippen LogP) is 3.59. The van der Waals surface area contributed by atoms with Gasteiger partial charge in [-0.1, -0.05) is 11.6 Å². The Labute approximate surface area is 143 Å². The zero-order chi connectivity index (χ0) is 14.8. The third kappa shape index (κ3) is 4.45. The summed E-state index contributed by atoms with van der Waals surface area (Å²) >= 11 is 8.22. The van der Waals surface area contributed by atoms with Crippen LogP contribution in [0, 0.1) is 9.49 Å². The number of nitrogens with one attached hydrogen (secondary N) is 2. The number of nitrogens with zero attached hydrogens (tertiary/aromatic N) is 1. The van der Waals surface area contributed by atoms with Gasteiger partial charge in [-0.25, -0.2) is 4.98 Å². The minimum absolute atomic E-state index is 0.262. The van der Waals surface area contributed by atoms with E-state index < -0.39 is 0 Å². The molecule has 4 nitrogen and oxygen atoms in total. The number of carbonyl (C=O) groups excluding carboxylic acids is 1. The number of aromatic nitrogens is 1. The number of hydrogen-bond acceptors (Lipinski definition) is 3. The first-order valence-electron chi connectivity index (χ1n) is 7.50. The second-order valence-electron chi connectivity index (χ2n) is 5.97. The smallest absolute Gasteiger partial charge is 0.223 e. The standard InChI is InChI=1S/C15H19ClIN3O/c16-13-7-10(17)8-14(20-13)18-11-3-5-12(6-4-11)19-15(21)9-1-2-9/h7-9,11-12H,1-6H2,(H,18,20)(H,19,21)/t11-,12-. The normalized spacial score (nSPS) is 25.4. The van der Waals surface area contributed by atoms with Crippen LogP contribution in [-0.4, -0.2) is 23.0 Å². The molecule has 0 radical (unpaired) electrons. The molecule has 0 spiro atoms. The van der Waals surface area contributed by atoms with E-state index in [0.29, 0.717) is 23.2 Å². The van der Waals surface area contributed by atoms with Crippen LogP contribution >= 0.6 is 34.2 Å². The number of carbonyl (C=O) groups is 1. The van der Waals surface area contributed by atoms with Crippen molar-refractivity contribution in [1.29, 1.82) is 0 Å². The minimum Gasteiger partial charge on any atom is -0.367 e. The highest BCUT2D eigenvalue weighted by Crippen LogP contribution is 2.30. The van der Waals surface area contributed by atoms with E-state index in [1.54, 1.807) is 0 Å². The van der Waals surface area contributed by atoms with Crippen LogP contribution in [0.3, 0.4) is 0 Å². The molecule has 1 heterocycles. The number of hydrogen-bond donors (Lipinski definition) is 2. The maximum absolute atomic E-state index is 11.8. The Bertz CT molecular complexity index is 507. The fourth-order valence-electron chi connectivity index (χ4n) is 2.80. The maximum atomic E-state index is 11.8. The summed E-state index contributed by atoms with van der Waals surface area (Å²) in [5, 5.41) is 7.16. The van der Waals surface area contributed by atoms with Gasteiger partial charge in [-0.05, 0) is 73.2 Å². The van der Waals surface area contributed by atoms with Crippen LogP contribution in [0.25, 0.3) is 0 Å². The summed E-state index contributed by atoms with van der Waals surface area (Å²) in [6, 6.07) is 4.62. The molecule has 2 N–H and O–H groups in total. The van der Waals surface area contributed by atoms with E-state index in [1.807, 2.05) is 12.1 Å². The van der Waals surface area contributed by atoms with Gasteiger partial charge in [0.05, 0.1) is 0 Å². The molecule has 0 unspecified atom stereocenters. The average molecular weight is 420 g/mol. The van der Waals surface area contributed by atoms with E-state index in [2.05, 4.69) is 38.2 Å². The Hall–Kier alpha value is -0.560. The molecule has 1 aromatic heterocycles. The van der Waals surface area contributed by atoms with Crippen LogP contribution in [0.1, 0.15) is 38.5 Å². The Morgan fingerprint density at radius 3 is 2.43 bits per heavy atom. The van der Waals surface area contributed by atoms with Crippen molar-refractivity contribution < 1.29 is 4.79 Å². The summed E-state index contributed by atoms with van der Waals surface area (Å²) in [6.45, 7) is 0. The summed E-state index contributed by atoms with van der Waals surface area (Å²) < 4.78 is 1.08. The number of halogens is 2. The van der Waals surface area contributed by atoms with Crippen molar-refractivity contribution in [2.24, 2.45) is 5.92 Å². The molecule has 2 saturated carbocycles. The van der Waals surface area contributed by atoms with Crippen molar-refractivity contribution in [3.63, 3.8) is 0 Å². The molecular formula is C15H19ClIN3O. The number of amides is 1. The molecule has 0 aliphatic heterocycles.